The smallest absolute Gasteiger partial charge is 0.163 e. The van der Waals surface area contributed by atoms with Crippen molar-refractivity contribution in [1.82, 2.24) is 0 Å². The molecule has 3 heterocycles. The second-order valence-electron chi connectivity index (χ2n) is 5.94. The largest absolute Gasteiger partial charge is 0.376 e. The molecule has 0 bridgehead atoms. The van der Waals surface area contributed by atoms with Crippen LogP contribution >= 0.6 is 0 Å². The molecule has 0 aliphatic carbocycles. The van der Waals surface area contributed by atoms with Gasteiger partial charge in [0.2, 0.25) is 0 Å². The predicted octanol–water partition coefficient (Wildman–Crippen LogP) is 0.727. The van der Waals surface area contributed by atoms with Crippen LogP contribution in [0.15, 0.2) is 0 Å². The lowest BCUT2D eigenvalue weighted by Crippen LogP contribution is -2.45. The van der Waals surface area contributed by atoms with Gasteiger partial charge in [-0.1, -0.05) is 0 Å². The highest BCUT2D eigenvalue weighted by atomic mass is 16.8. The first-order valence-corrected chi connectivity index (χ1v) is 7.38. The summed E-state index contributed by atoms with van der Waals surface area (Å²) in [4.78, 5) is 0. The zero-order valence-electron chi connectivity index (χ0n) is 12.2. The summed E-state index contributed by atoms with van der Waals surface area (Å²) in [5.41, 5.74) is 0. The van der Waals surface area contributed by atoms with Gasteiger partial charge in [0.15, 0.2) is 5.79 Å². The first-order chi connectivity index (χ1) is 9.64. The highest BCUT2D eigenvalue weighted by Gasteiger charge is 2.47. The minimum Gasteiger partial charge on any atom is -0.376 e. The molecule has 0 radical (unpaired) electrons. The molecule has 3 saturated heterocycles. The maximum atomic E-state index is 5.91. The van der Waals surface area contributed by atoms with Crippen LogP contribution in [0.4, 0.5) is 0 Å². The van der Waals surface area contributed by atoms with E-state index in [9.17, 15) is 0 Å². The van der Waals surface area contributed by atoms with E-state index in [1.165, 1.54) is 0 Å². The van der Waals surface area contributed by atoms with Gasteiger partial charge in [0.1, 0.15) is 18.3 Å². The Morgan fingerprint density at radius 2 is 1.80 bits per heavy atom. The highest BCUT2D eigenvalue weighted by Crippen LogP contribution is 2.35. The number of rotatable bonds is 7. The fourth-order valence-corrected chi connectivity index (χ4v) is 2.67. The molecule has 3 fully saturated rings. The maximum absolute atomic E-state index is 5.91. The molecule has 0 aromatic heterocycles. The molecule has 0 N–H and O–H groups in total. The standard InChI is InChI=1S/C14H24O6/c1-14(2)19-11-3-4-17-12(13(11)20-14)9-16-6-5-15-7-10-8-18-10/h10-13H,3-9H2,1-2H3/t10?,11-,12-,13-/m1/s1. The molecule has 20 heavy (non-hydrogen) atoms. The van der Waals surface area contributed by atoms with E-state index in [1.54, 1.807) is 0 Å². The number of ether oxygens (including phenoxy) is 6. The Kier molecular flexibility index (Phi) is 4.59. The summed E-state index contributed by atoms with van der Waals surface area (Å²) in [7, 11) is 0. The van der Waals surface area contributed by atoms with Crippen molar-refractivity contribution in [1.29, 1.82) is 0 Å². The summed E-state index contributed by atoms with van der Waals surface area (Å²) >= 11 is 0. The highest BCUT2D eigenvalue weighted by molar-refractivity contribution is 4.90. The van der Waals surface area contributed by atoms with Crippen LogP contribution in [0.1, 0.15) is 20.3 Å². The van der Waals surface area contributed by atoms with Crippen LogP contribution in [0.2, 0.25) is 0 Å². The zero-order chi connectivity index (χ0) is 14.0. The number of epoxide rings is 1. The molecule has 3 rings (SSSR count). The van der Waals surface area contributed by atoms with E-state index < -0.39 is 5.79 Å². The zero-order valence-corrected chi connectivity index (χ0v) is 12.2. The van der Waals surface area contributed by atoms with E-state index in [1.807, 2.05) is 13.8 Å². The van der Waals surface area contributed by atoms with E-state index >= 15 is 0 Å². The Balaban J connectivity index is 1.34. The minimum atomic E-state index is -0.519. The normalized spacial score (nSPS) is 38.7. The summed E-state index contributed by atoms with van der Waals surface area (Å²) in [6.07, 6.45) is 1.23. The fourth-order valence-electron chi connectivity index (χ4n) is 2.67. The number of hydrogen-bond donors (Lipinski definition) is 0. The molecule has 0 spiro atoms. The van der Waals surface area contributed by atoms with Gasteiger partial charge in [-0.25, -0.2) is 0 Å². The van der Waals surface area contributed by atoms with E-state index in [-0.39, 0.29) is 18.3 Å². The van der Waals surface area contributed by atoms with E-state index in [0.29, 0.717) is 39.1 Å². The van der Waals surface area contributed by atoms with Crippen molar-refractivity contribution in [3.05, 3.63) is 0 Å². The predicted molar refractivity (Wildman–Crippen MR) is 69.6 cm³/mol. The molecule has 6 heteroatoms. The Hall–Kier alpha value is -0.240. The van der Waals surface area contributed by atoms with Crippen molar-refractivity contribution >= 4 is 0 Å². The third kappa shape index (κ3) is 3.90. The average molecular weight is 288 g/mol. The van der Waals surface area contributed by atoms with Crippen LogP contribution < -0.4 is 0 Å². The molecule has 116 valence electrons. The van der Waals surface area contributed by atoms with E-state index in [4.69, 9.17) is 28.4 Å². The van der Waals surface area contributed by atoms with Crippen molar-refractivity contribution in [2.75, 3.05) is 39.6 Å². The average Bonchev–Trinajstić information content (AvgIpc) is 3.15. The lowest BCUT2D eigenvalue weighted by atomic mass is 10.0. The van der Waals surface area contributed by atoms with Crippen LogP contribution in [0.25, 0.3) is 0 Å². The molecule has 0 aromatic rings. The lowest BCUT2D eigenvalue weighted by Gasteiger charge is -2.31. The summed E-state index contributed by atoms with van der Waals surface area (Å²) in [6, 6.07) is 0. The van der Waals surface area contributed by atoms with Crippen molar-refractivity contribution in [2.24, 2.45) is 0 Å². The van der Waals surface area contributed by atoms with E-state index in [2.05, 4.69) is 0 Å². The van der Waals surface area contributed by atoms with Gasteiger partial charge in [-0.3, -0.25) is 0 Å². The molecule has 4 atom stereocenters. The molecule has 3 aliphatic heterocycles. The van der Waals surface area contributed by atoms with Gasteiger partial charge in [-0.15, -0.1) is 0 Å². The summed E-state index contributed by atoms with van der Waals surface area (Å²) in [5, 5.41) is 0. The van der Waals surface area contributed by atoms with E-state index in [0.717, 1.165) is 13.0 Å². The van der Waals surface area contributed by atoms with Crippen LogP contribution in [-0.2, 0) is 28.4 Å². The van der Waals surface area contributed by atoms with Crippen LogP contribution in [0.5, 0.6) is 0 Å². The minimum absolute atomic E-state index is 0.0282. The molecule has 6 nitrogen and oxygen atoms in total. The lowest BCUT2D eigenvalue weighted by molar-refractivity contribution is -0.160. The monoisotopic (exact) mass is 288 g/mol. The Labute approximate surface area is 119 Å². The summed E-state index contributed by atoms with van der Waals surface area (Å²) in [5.74, 6) is -0.519. The van der Waals surface area contributed by atoms with Crippen molar-refractivity contribution in [3.8, 4) is 0 Å². The molecule has 0 aromatic carbocycles. The van der Waals surface area contributed by atoms with Crippen molar-refractivity contribution in [3.63, 3.8) is 0 Å². The van der Waals surface area contributed by atoms with Gasteiger partial charge in [0.05, 0.1) is 39.1 Å². The maximum Gasteiger partial charge on any atom is 0.163 e. The number of fused-ring (bicyclic) bond motifs is 1. The van der Waals surface area contributed by atoms with Crippen LogP contribution in [0.3, 0.4) is 0 Å². The number of hydrogen-bond acceptors (Lipinski definition) is 6. The van der Waals surface area contributed by atoms with Gasteiger partial charge >= 0.3 is 0 Å². The van der Waals surface area contributed by atoms with Gasteiger partial charge in [0, 0.05) is 6.61 Å². The summed E-state index contributed by atoms with van der Waals surface area (Å²) < 4.78 is 33.6. The Morgan fingerprint density at radius 1 is 1.05 bits per heavy atom. The van der Waals surface area contributed by atoms with Crippen molar-refractivity contribution in [2.45, 2.75) is 50.5 Å². The molecular weight excluding hydrogens is 264 g/mol. The third-order valence-electron chi connectivity index (χ3n) is 3.68. The van der Waals surface area contributed by atoms with Gasteiger partial charge < -0.3 is 28.4 Å². The molecular formula is C14H24O6. The second kappa shape index (κ2) is 6.25. The molecule has 0 saturated carbocycles. The molecule has 3 aliphatic rings. The molecule has 1 unspecified atom stereocenters. The fraction of sp³-hybridized carbons (Fsp3) is 1.00. The Bertz CT molecular complexity index is 317. The first-order valence-electron chi connectivity index (χ1n) is 7.38. The third-order valence-corrected chi connectivity index (χ3v) is 3.68. The van der Waals surface area contributed by atoms with Crippen molar-refractivity contribution < 1.29 is 28.4 Å². The second-order valence-corrected chi connectivity index (χ2v) is 5.94. The topological polar surface area (TPSA) is 58.7 Å². The summed E-state index contributed by atoms with van der Waals surface area (Å²) in [6.45, 7) is 7.74. The quantitative estimate of drug-likeness (QED) is 0.508. The van der Waals surface area contributed by atoms with Gasteiger partial charge in [-0.05, 0) is 20.3 Å². The van der Waals surface area contributed by atoms with Gasteiger partial charge in [0.25, 0.3) is 0 Å². The Morgan fingerprint density at radius 3 is 2.55 bits per heavy atom. The van der Waals surface area contributed by atoms with Crippen LogP contribution in [0, 0.1) is 0 Å². The van der Waals surface area contributed by atoms with Gasteiger partial charge in [-0.2, -0.15) is 0 Å². The van der Waals surface area contributed by atoms with Crippen LogP contribution in [-0.4, -0.2) is 69.8 Å². The first kappa shape index (κ1) is 14.7. The SMILES string of the molecule is CC1(C)O[C@H]2[C@@H](COCCOCC3CO3)OCC[C@H]2O1. The molecule has 0 amide bonds.